The Kier molecular flexibility index (Phi) is 5.22. The molecule has 132 valence electrons. The Balaban J connectivity index is 1.66. The molecule has 2 aromatic rings. The predicted molar refractivity (Wildman–Crippen MR) is 88.7 cm³/mol. The summed E-state index contributed by atoms with van der Waals surface area (Å²) in [4.78, 5) is 24.9. The van der Waals surface area contributed by atoms with Crippen LogP contribution in [0, 0.1) is 0 Å². The molecule has 1 aliphatic heterocycles. The minimum atomic E-state index is -1.19. The van der Waals surface area contributed by atoms with Gasteiger partial charge in [0.1, 0.15) is 12.6 Å². The number of benzene rings is 1. The van der Waals surface area contributed by atoms with Crippen molar-refractivity contribution < 1.29 is 19.4 Å². The van der Waals surface area contributed by atoms with Crippen LogP contribution < -0.4 is 0 Å². The van der Waals surface area contributed by atoms with Crippen LogP contribution in [0.15, 0.2) is 24.4 Å². The van der Waals surface area contributed by atoms with Crippen LogP contribution in [0.1, 0.15) is 22.2 Å². The predicted octanol–water partition coefficient (Wildman–Crippen LogP) is 1.88. The van der Waals surface area contributed by atoms with Crippen molar-refractivity contribution >= 4 is 35.1 Å². The maximum Gasteiger partial charge on any atom is 0.358 e. The Morgan fingerprint density at radius 3 is 2.80 bits per heavy atom. The van der Waals surface area contributed by atoms with Gasteiger partial charge in [-0.3, -0.25) is 4.79 Å². The molecule has 1 amide bonds. The van der Waals surface area contributed by atoms with Gasteiger partial charge in [0.2, 0.25) is 5.91 Å². The van der Waals surface area contributed by atoms with Crippen LogP contribution in [-0.4, -0.2) is 56.6 Å². The number of rotatable bonds is 4. The lowest BCUT2D eigenvalue weighted by Crippen LogP contribution is -2.43. The molecule has 1 unspecified atom stereocenters. The van der Waals surface area contributed by atoms with Gasteiger partial charge in [-0.05, 0) is 17.7 Å². The molecule has 1 atom stereocenters. The van der Waals surface area contributed by atoms with Crippen LogP contribution in [0.3, 0.4) is 0 Å². The van der Waals surface area contributed by atoms with E-state index in [1.165, 1.54) is 10.9 Å². The van der Waals surface area contributed by atoms with E-state index in [-0.39, 0.29) is 24.2 Å². The SMILES string of the molecule is O=C(O)c1cn(CC(=O)N2CCOC(c3ccc(Cl)c(Cl)c3)C2)nn1. The fourth-order valence-electron chi connectivity index (χ4n) is 2.50. The number of carboxylic acid groups (broad SMARTS) is 1. The number of halogens is 2. The molecule has 0 saturated carbocycles. The summed E-state index contributed by atoms with van der Waals surface area (Å²) in [6.45, 7) is 1.09. The van der Waals surface area contributed by atoms with Crippen molar-refractivity contribution in [2.45, 2.75) is 12.6 Å². The highest BCUT2D eigenvalue weighted by Crippen LogP contribution is 2.29. The van der Waals surface area contributed by atoms with Crippen LogP contribution in [0.2, 0.25) is 10.0 Å². The summed E-state index contributed by atoms with van der Waals surface area (Å²) in [5.74, 6) is -1.39. The number of morpholine rings is 1. The molecule has 1 aromatic heterocycles. The van der Waals surface area contributed by atoms with Crippen LogP contribution in [0.4, 0.5) is 0 Å². The Bertz CT molecular complexity index is 811. The summed E-state index contributed by atoms with van der Waals surface area (Å²) in [6, 6.07) is 5.22. The van der Waals surface area contributed by atoms with E-state index in [9.17, 15) is 9.59 Å². The summed E-state index contributed by atoms with van der Waals surface area (Å²) >= 11 is 12.0. The molecule has 8 nitrogen and oxygen atoms in total. The Hall–Kier alpha value is -2.16. The first-order chi connectivity index (χ1) is 11.9. The molecule has 10 heteroatoms. The average molecular weight is 385 g/mol. The standard InChI is InChI=1S/C15H14Cl2N4O4/c16-10-2-1-9(5-11(10)17)13-7-20(3-4-25-13)14(22)8-21-6-12(15(23)24)18-19-21/h1-2,5-6,13H,3-4,7-8H2,(H,23,24). The van der Waals surface area contributed by atoms with E-state index in [1.54, 1.807) is 17.0 Å². The van der Waals surface area contributed by atoms with E-state index in [2.05, 4.69) is 10.3 Å². The van der Waals surface area contributed by atoms with Crippen molar-refractivity contribution in [1.29, 1.82) is 0 Å². The lowest BCUT2D eigenvalue weighted by molar-refractivity contribution is -0.139. The van der Waals surface area contributed by atoms with Gasteiger partial charge in [-0.15, -0.1) is 5.10 Å². The highest BCUT2D eigenvalue weighted by molar-refractivity contribution is 6.42. The lowest BCUT2D eigenvalue weighted by Gasteiger charge is -2.33. The zero-order valence-corrected chi connectivity index (χ0v) is 14.4. The van der Waals surface area contributed by atoms with Gasteiger partial charge in [0.05, 0.1) is 29.4 Å². The van der Waals surface area contributed by atoms with Gasteiger partial charge in [0.25, 0.3) is 0 Å². The third-order valence-corrected chi connectivity index (χ3v) is 4.53. The summed E-state index contributed by atoms with van der Waals surface area (Å²) in [7, 11) is 0. The Morgan fingerprint density at radius 1 is 1.32 bits per heavy atom. The summed E-state index contributed by atoms with van der Waals surface area (Å²) < 4.78 is 6.92. The van der Waals surface area contributed by atoms with E-state index in [4.69, 9.17) is 33.0 Å². The number of carbonyl (C=O) groups excluding carboxylic acids is 1. The second-order valence-corrected chi connectivity index (χ2v) is 6.29. The second kappa shape index (κ2) is 7.38. The summed E-state index contributed by atoms with van der Waals surface area (Å²) in [6.07, 6.45) is 0.912. The topological polar surface area (TPSA) is 97.5 Å². The molecular formula is C15H14Cl2N4O4. The van der Waals surface area contributed by atoms with Gasteiger partial charge in [-0.2, -0.15) is 0 Å². The molecule has 1 saturated heterocycles. The number of ether oxygens (including phenoxy) is 1. The zero-order chi connectivity index (χ0) is 18.0. The molecular weight excluding hydrogens is 371 g/mol. The molecule has 0 spiro atoms. The largest absolute Gasteiger partial charge is 0.476 e. The van der Waals surface area contributed by atoms with Crippen molar-refractivity contribution in [3.8, 4) is 0 Å². The number of aromatic carboxylic acids is 1. The van der Waals surface area contributed by atoms with Crippen LogP contribution in [0.5, 0.6) is 0 Å². The fourth-order valence-corrected chi connectivity index (χ4v) is 2.81. The molecule has 0 radical (unpaired) electrons. The van der Waals surface area contributed by atoms with E-state index in [0.29, 0.717) is 29.7 Å². The fraction of sp³-hybridized carbons (Fsp3) is 0.333. The number of hydrogen-bond donors (Lipinski definition) is 1. The minimum Gasteiger partial charge on any atom is -0.476 e. The van der Waals surface area contributed by atoms with Gasteiger partial charge in [-0.25, -0.2) is 9.48 Å². The third kappa shape index (κ3) is 4.09. The number of nitrogens with zero attached hydrogens (tertiary/aromatic N) is 4. The smallest absolute Gasteiger partial charge is 0.358 e. The van der Waals surface area contributed by atoms with Crippen LogP contribution >= 0.6 is 23.2 Å². The normalized spacial score (nSPS) is 17.5. The quantitative estimate of drug-likeness (QED) is 0.863. The molecule has 1 fully saturated rings. The first-order valence-electron chi connectivity index (χ1n) is 7.42. The number of aromatic nitrogens is 3. The van der Waals surface area contributed by atoms with Crippen molar-refractivity contribution in [3.05, 3.63) is 45.7 Å². The van der Waals surface area contributed by atoms with Gasteiger partial charge >= 0.3 is 5.97 Å². The van der Waals surface area contributed by atoms with Crippen molar-refractivity contribution in [2.24, 2.45) is 0 Å². The summed E-state index contributed by atoms with van der Waals surface area (Å²) in [5, 5.41) is 16.8. The first kappa shape index (κ1) is 17.7. The molecule has 1 N–H and O–H groups in total. The Morgan fingerprint density at radius 2 is 2.12 bits per heavy atom. The van der Waals surface area contributed by atoms with Gasteiger partial charge in [-0.1, -0.05) is 34.5 Å². The van der Waals surface area contributed by atoms with Crippen molar-refractivity contribution in [2.75, 3.05) is 19.7 Å². The highest BCUT2D eigenvalue weighted by atomic mass is 35.5. The zero-order valence-electron chi connectivity index (χ0n) is 12.9. The lowest BCUT2D eigenvalue weighted by atomic mass is 10.1. The van der Waals surface area contributed by atoms with Gasteiger partial charge in [0.15, 0.2) is 5.69 Å². The third-order valence-electron chi connectivity index (χ3n) is 3.79. The molecule has 0 aliphatic carbocycles. The highest BCUT2D eigenvalue weighted by Gasteiger charge is 2.26. The van der Waals surface area contributed by atoms with Crippen LogP contribution in [-0.2, 0) is 16.1 Å². The van der Waals surface area contributed by atoms with Crippen LogP contribution in [0.25, 0.3) is 0 Å². The Labute approximate surface area is 152 Å². The minimum absolute atomic E-state index is 0.0889. The first-order valence-corrected chi connectivity index (χ1v) is 8.17. The molecule has 1 aromatic carbocycles. The van der Waals surface area contributed by atoms with E-state index in [0.717, 1.165) is 5.56 Å². The van der Waals surface area contributed by atoms with Gasteiger partial charge in [0, 0.05) is 6.54 Å². The molecule has 0 bridgehead atoms. The van der Waals surface area contributed by atoms with Crippen molar-refractivity contribution in [1.82, 2.24) is 19.9 Å². The summed E-state index contributed by atoms with van der Waals surface area (Å²) in [5.41, 5.74) is 0.629. The number of amides is 1. The van der Waals surface area contributed by atoms with E-state index < -0.39 is 5.97 Å². The second-order valence-electron chi connectivity index (χ2n) is 5.48. The average Bonchev–Trinajstić information content (AvgIpc) is 3.06. The number of carboxylic acids is 1. The molecule has 25 heavy (non-hydrogen) atoms. The van der Waals surface area contributed by atoms with Gasteiger partial charge < -0.3 is 14.7 Å². The monoisotopic (exact) mass is 384 g/mol. The maximum atomic E-state index is 12.4. The van der Waals surface area contributed by atoms with E-state index >= 15 is 0 Å². The molecule has 2 heterocycles. The van der Waals surface area contributed by atoms with Crippen molar-refractivity contribution in [3.63, 3.8) is 0 Å². The number of hydrogen-bond acceptors (Lipinski definition) is 5. The molecule has 1 aliphatic rings. The number of carbonyl (C=O) groups is 2. The van der Waals surface area contributed by atoms with E-state index in [1.807, 2.05) is 6.07 Å². The maximum absolute atomic E-state index is 12.4. The molecule has 3 rings (SSSR count).